The molecule has 1 heteroatoms. The van der Waals surface area contributed by atoms with Crippen molar-refractivity contribution < 1.29 is 0 Å². The molecule has 0 bridgehead atoms. The summed E-state index contributed by atoms with van der Waals surface area (Å²) in [6, 6.07) is 0. The Morgan fingerprint density at radius 2 is 0.519 bits per heavy atom. The van der Waals surface area contributed by atoms with Crippen molar-refractivity contribution in [2.75, 3.05) is 24.6 Å². The van der Waals surface area contributed by atoms with E-state index in [1.807, 2.05) is 0 Å². The molecule has 0 unspecified atom stereocenters. The van der Waals surface area contributed by atoms with E-state index in [9.17, 15) is 0 Å². The van der Waals surface area contributed by atoms with Gasteiger partial charge < -0.3 is 0 Å². The smallest absolute Gasteiger partial charge is 0.0594 e. The molecule has 164 valence electrons. The van der Waals surface area contributed by atoms with Gasteiger partial charge in [0.1, 0.15) is 0 Å². The third kappa shape index (κ3) is 17.0. The number of hydrogen-bond acceptors (Lipinski definition) is 0. The van der Waals surface area contributed by atoms with E-state index in [-0.39, 0.29) is 0 Å². The first-order valence-corrected chi connectivity index (χ1v) is 15.6. The molecule has 0 radical (unpaired) electrons. The first-order chi connectivity index (χ1) is 13.2. The lowest BCUT2D eigenvalue weighted by atomic mass is 10.1. The molecule has 0 N–H and O–H groups in total. The first-order valence-electron chi connectivity index (χ1n) is 13.1. The Morgan fingerprint density at radius 1 is 0.296 bits per heavy atom. The highest BCUT2D eigenvalue weighted by Crippen LogP contribution is 2.61. The average Bonchev–Trinajstić information content (AvgIpc) is 2.67. The van der Waals surface area contributed by atoms with Gasteiger partial charge in [0.2, 0.25) is 0 Å². The van der Waals surface area contributed by atoms with Crippen LogP contribution in [-0.4, -0.2) is 24.6 Å². The summed E-state index contributed by atoms with van der Waals surface area (Å²) in [5.74, 6) is 0. The summed E-state index contributed by atoms with van der Waals surface area (Å²) in [6.45, 7) is 9.43. The standard InChI is InChI=1S/C26H56P/c1-5-9-13-14-15-16-17-18-22-26-27(23-19-10-6-2,24-20-11-7-3)25-21-12-8-4/h5-26H2,1-4H3/q+1. The van der Waals surface area contributed by atoms with E-state index in [4.69, 9.17) is 0 Å². The molecular formula is C26H56P+. The lowest BCUT2D eigenvalue weighted by molar-refractivity contribution is 0.572. The van der Waals surface area contributed by atoms with Gasteiger partial charge in [-0.2, -0.15) is 0 Å². The van der Waals surface area contributed by atoms with Gasteiger partial charge in [-0.1, -0.05) is 111 Å². The SMILES string of the molecule is CCCCCCCCCCC[P+](CCCCC)(CCCCC)CCCCC. The van der Waals surface area contributed by atoms with Crippen molar-refractivity contribution in [3.05, 3.63) is 0 Å². The summed E-state index contributed by atoms with van der Waals surface area (Å²) in [5, 5.41) is 0. The largest absolute Gasteiger partial charge is 0.0654 e. The zero-order chi connectivity index (χ0) is 20.1. The van der Waals surface area contributed by atoms with E-state index in [1.54, 1.807) is 31.1 Å². The predicted molar refractivity (Wildman–Crippen MR) is 132 cm³/mol. The van der Waals surface area contributed by atoms with Gasteiger partial charge in [0.05, 0.1) is 24.6 Å². The van der Waals surface area contributed by atoms with Crippen LogP contribution < -0.4 is 0 Å². The van der Waals surface area contributed by atoms with Crippen molar-refractivity contribution in [1.82, 2.24) is 0 Å². The zero-order valence-electron chi connectivity index (χ0n) is 20.0. The summed E-state index contributed by atoms with van der Waals surface area (Å²) in [4.78, 5) is 0. The summed E-state index contributed by atoms with van der Waals surface area (Å²) in [5.41, 5.74) is 0. The van der Waals surface area contributed by atoms with Gasteiger partial charge in [-0.05, 0) is 32.1 Å². The second-order valence-electron chi connectivity index (χ2n) is 9.19. The maximum absolute atomic E-state index is 2.37. The minimum Gasteiger partial charge on any atom is -0.0654 e. The van der Waals surface area contributed by atoms with Crippen molar-refractivity contribution in [2.24, 2.45) is 0 Å². The van der Waals surface area contributed by atoms with E-state index < -0.39 is 7.26 Å². The Morgan fingerprint density at radius 3 is 0.852 bits per heavy atom. The topological polar surface area (TPSA) is 0 Å². The van der Waals surface area contributed by atoms with Crippen LogP contribution in [0, 0.1) is 0 Å². The molecule has 0 rings (SSSR count). The van der Waals surface area contributed by atoms with Crippen molar-refractivity contribution in [3.8, 4) is 0 Å². The molecule has 0 aromatic carbocycles. The van der Waals surface area contributed by atoms with Crippen LogP contribution in [0.5, 0.6) is 0 Å². The van der Waals surface area contributed by atoms with Gasteiger partial charge in [-0.3, -0.25) is 0 Å². The molecule has 0 aromatic heterocycles. The molecule has 0 heterocycles. The highest BCUT2D eigenvalue weighted by molar-refractivity contribution is 7.75. The summed E-state index contributed by atoms with van der Waals surface area (Å²) < 4.78 is 0. The number of hydrogen-bond donors (Lipinski definition) is 0. The van der Waals surface area contributed by atoms with Gasteiger partial charge in [0.25, 0.3) is 0 Å². The summed E-state index contributed by atoms with van der Waals surface area (Å²) in [6.07, 6.45) is 33.0. The third-order valence-corrected chi connectivity index (χ3v) is 11.5. The summed E-state index contributed by atoms with van der Waals surface area (Å²) >= 11 is 0. The minimum atomic E-state index is -0.656. The average molecular weight is 400 g/mol. The Bertz CT molecular complexity index is 247. The van der Waals surface area contributed by atoms with Crippen molar-refractivity contribution in [3.63, 3.8) is 0 Å². The molecular weight excluding hydrogens is 343 g/mol. The highest BCUT2D eigenvalue weighted by Gasteiger charge is 2.34. The molecule has 0 atom stereocenters. The van der Waals surface area contributed by atoms with Crippen molar-refractivity contribution in [2.45, 2.75) is 143 Å². The van der Waals surface area contributed by atoms with E-state index in [0.717, 1.165) is 0 Å². The minimum absolute atomic E-state index is 0.656. The van der Waals surface area contributed by atoms with Gasteiger partial charge >= 0.3 is 0 Å². The molecule has 0 aliphatic heterocycles. The Labute approximate surface area is 175 Å². The van der Waals surface area contributed by atoms with Crippen LogP contribution in [0.3, 0.4) is 0 Å². The molecule has 0 fully saturated rings. The molecule has 0 aromatic rings. The fourth-order valence-corrected chi connectivity index (χ4v) is 9.44. The third-order valence-electron chi connectivity index (χ3n) is 6.44. The predicted octanol–water partition coefficient (Wildman–Crippen LogP) is 10.1. The normalized spacial score (nSPS) is 12.0. The van der Waals surface area contributed by atoms with E-state index in [1.165, 1.54) is 109 Å². The van der Waals surface area contributed by atoms with Crippen LogP contribution in [0.15, 0.2) is 0 Å². The molecule has 0 spiro atoms. The molecule has 0 aliphatic rings. The first kappa shape index (κ1) is 27.4. The van der Waals surface area contributed by atoms with Crippen LogP contribution in [0.2, 0.25) is 0 Å². The number of rotatable bonds is 22. The van der Waals surface area contributed by atoms with Crippen LogP contribution in [0.1, 0.15) is 143 Å². The Hall–Kier alpha value is 0.430. The van der Waals surface area contributed by atoms with Gasteiger partial charge in [-0.25, -0.2) is 0 Å². The lowest BCUT2D eigenvalue weighted by Crippen LogP contribution is -2.13. The van der Waals surface area contributed by atoms with Crippen LogP contribution in [0.25, 0.3) is 0 Å². The molecule has 0 nitrogen and oxygen atoms in total. The van der Waals surface area contributed by atoms with Gasteiger partial charge in [0, 0.05) is 7.26 Å². The highest BCUT2D eigenvalue weighted by atomic mass is 31.2. The summed E-state index contributed by atoms with van der Waals surface area (Å²) in [7, 11) is -0.656. The molecule has 0 amide bonds. The van der Waals surface area contributed by atoms with Crippen molar-refractivity contribution >= 4 is 7.26 Å². The second kappa shape index (κ2) is 21.1. The fourth-order valence-electron chi connectivity index (χ4n) is 4.52. The quantitative estimate of drug-likeness (QED) is 0.125. The van der Waals surface area contributed by atoms with Crippen LogP contribution in [-0.2, 0) is 0 Å². The van der Waals surface area contributed by atoms with E-state index in [2.05, 4.69) is 27.7 Å². The van der Waals surface area contributed by atoms with Gasteiger partial charge in [-0.15, -0.1) is 0 Å². The van der Waals surface area contributed by atoms with E-state index >= 15 is 0 Å². The van der Waals surface area contributed by atoms with Crippen LogP contribution >= 0.6 is 7.26 Å². The fraction of sp³-hybridized carbons (Fsp3) is 1.00. The molecule has 0 saturated heterocycles. The van der Waals surface area contributed by atoms with E-state index in [0.29, 0.717) is 0 Å². The second-order valence-corrected chi connectivity index (χ2v) is 13.7. The lowest BCUT2D eigenvalue weighted by Gasteiger charge is -2.28. The van der Waals surface area contributed by atoms with Crippen LogP contribution in [0.4, 0.5) is 0 Å². The Kier molecular flexibility index (Phi) is 21.5. The molecule has 0 saturated carbocycles. The zero-order valence-corrected chi connectivity index (χ0v) is 20.9. The molecule has 27 heavy (non-hydrogen) atoms. The van der Waals surface area contributed by atoms with Crippen molar-refractivity contribution in [1.29, 1.82) is 0 Å². The maximum atomic E-state index is 2.37. The molecule has 0 aliphatic carbocycles. The van der Waals surface area contributed by atoms with Gasteiger partial charge in [0.15, 0.2) is 0 Å². The Balaban J connectivity index is 4.32. The monoisotopic (exact) mass is 399 g/mol. The maximum Gasteiger partial charge on any atom is 0.0594 e. The number of unbranched alkanes of at least 4 members (excludes halogenated alkanes) is 14.